The molecule has 8 heteroatoms. The van der Waals surface area contributed by atoms with Crippen LogP contribution in [0.5, 0.6) is 0 Å². The van der Waals surface area contributed by atoms with Gasteiger partial charge >= 0.3 is 12.0 Å². The first-order chi connectivity index (χ1) is 9.31. The van der Waals surface area contributed by atoms with Crippen LogP contribution in [0.1, 0.15) is 24.2 Å². The van der Waals surface area contributed by atoms with Crippen molar-refractivity contribution in [3.63, 3.8) is 0 Å². The number of rotatable bonds is 5. The standard InChI is InChI=1S/C12H17N3O4S/c1-7(2)13-9(16)6-15(3)12(19)14-10-8(11(17)18)4-5-20-10/h4-5,7H,6H2,1-3H3,(H,13,16)(H,14,19)(H,17,18). The number of nitrogens with one attached hydrogen (secondary N) is 2. The van der Waals surface area contributed by atoms with Crippen molar-refractivity contribution in [3.05, 3.63) is 17.0 Å². The number of anilines is 1. The number of hydrogen-bond acceptors (Lipinski definition) is 4. The number of aromatic carboxylic acids is 1. The minimum Gasteiger partial charge on any atom is -0.478 e. The highest BCUT2D eigenvalue weighted by Crippen LogP contribution is 2.23. The number of carbonyl (C=O) groups excluding carboxylic acids is 2. The van der Waals surface area contributed by atoms with Crippen molar-refractivity contribution in [2.24, 2.45) is 0 Å². The van der Waals surface area contributed by atoms with E-state index in [1.165, 1.54) is 18.0 Å². The van der Waals surface area contributed by atoms with Crippen LogP contribution in [0.2, 0.25) is 0 Å². The fourth-order valence-corrected chi connectivity index (χ4v) is 2.19. The van der Waals surface area contributed by atoms with E-state index in [1.807, 2.05) is 13.8 Å². The molecule has 0 radical (unpaired) electrons. The smallest absolute Gasteiger partial charge is 0.338 e. The maximum Gasteiger partial charge on any atom is 0.338 e. The van der Waals surface area contributed by atoms with Crippen molar-refractivity contribution in [3.8, 4) is 0 Å². The number of carbonyl (C=O) groups is 3. The number of hydrogen-bond donors (Lipinski definition) is 3. The first kappa shape index (κ1) is 16.0. The molecule has 3 amide bonds. The predicted octanol–water partition coefficient (Wildman–Crippen LogP) is 1.43. The summed E-state index contributed by atoms with van der Waals surface area (Å²) < 4.78 is 0. The summed E-state index contributed by atoms with van der Waals surface area (Å²) in [5, 5.41) is 15.9. The number of carboxylic acids is 1. The maximum atomic E-state index is 11.9. The molecule has 7 nitrogen and oxygen atoms in total. The first-order valence-electron chi connectivity index (χ1n) is 5.93. The number of likely N-dealkylation sites (N-methyl/N-ethyl adjacent to an activating group) is 1. The fourth-order valence-electron chi connectivity index (χ4n) is 1.42. The summed E-state index contributed by atoms with van der Waals surface area (Å²) in [6, 6.07) is 0.873. The molecule has 3 N–H and O–H groups in total. The molecule has 0 saturated carbocycles. The lowest BCUT2D eigenvalue weighted by atomic mass is 10.3. The third-order valence-electron chi connectivity index (χ3n) is 2.29. The molecule has 0 bridgehead atoms. The second-order valence-electron chi connectivity index (χ2n) is 4.48. The molecule has 0 saturated heterocycles. The van der Waals surface area contributed by atoms with Crippen molar-refractivity contribution >= 4 is 34.2 Å². The first-order valence-corrected chi connectivity index (χ1v) is 6.81. The van der Waals surface area contributed by atoms with Gasteiger partial charge in [0.15, 0.2) is 0 Å². The lowest BCUT2D eigenvalue weighted by molar-refractivity contribution is -0.121. The summed E-state index contributed by atoms with van der Waals surface area (Å²) in [5.74, 6) is -1.39. The van der Waals surface area contributed by atoms with Gasteiger partial charge in [-0.15, -0.1) is 11.3 Å². The summed E-state index contributed by atoms with van der Waals surface area (Å²) in [4.78, 5) is 35.5. The van der Waals surface area contributed by atoms with Gasteiger partial charge in [-0.3, -0.25) is 10.1 Å². The Morgan fingerprint density at radius 1 is 1.40 bits per heavy atom. The van der Waals surface area contributed by atoms with Gasteiger partial charge in [-0.2, -0.15) is 0 Å². The molecular weight excluding hydrogens is 282 g/mol. The molecule has 1 aromatic rings. The lowest BCUT2D eigenvalue weighted by Crippen LogP contribution is -2.42. The van der Waals surface area contributed by atoms with Crippen LogP contribution < -0.4 is 10.6 Å². The Kier molecular flexibility index (Phi) is 5.51. The Morgan fingerprint density at radius 3 is 2.60 bits per heavy atom. The van der Waals surface area contributed by atoms with Crippen molar-refractivity contribution in [2.75, 3.05) is 18.9 Å². The van der Waals surface area contributed by atoms with Crippen molar-refractivity contribution in [2.45, 2.75) is 19.9 Å². The summed E-state index contributed by atoms with van der Waals surface area (Å²) in [6.45, 7) is 3.54. The molecule has 0 aliphatic rings. The molecule has 1 aromatic heterocycles. The minimum atomic E-state index is -1.11. The average molecular weight is 299 g/mol. The van der Waals surface area contributed by atoms with Crippen LogP contribution in [0.4, 0.5) is 9.80 Å². The van der Waals surface area contributed by atoms with E-state index in [4.69, 9.17) is 5.11 Å². The van der Waals surface area contributed by atoms with Gasteiger partial charge in [-0.25, -0.2) is 9.59 Å². The number of nitrogens with zero attached hydrogens (tertiary/aromatic N) is 1. The molecule has 110 valence electrons. The van der Waals surface area contributed by atoms with E-state index in [1.54, 1.807) is 5.38 Å². The third-order valence-corrected chi connectivity index (χ3v) is 3.12. The molecule has 0 spiro atoms. The third kappa shape index (κ3) is 4.54. The zero-order chi connectivity index (χ0) is 15.3. The van der Waals surface area contributed by atoms with Crippen LogP contribution in [-0.4, -0.2) is 47.5 Å². The highest BCUT2D eigenvalue weighted by molar-refractivity contribution is 7.14. The zero-order valence-corrected chi connectivity index (χ0v) is 12.3. The average Bonchev–Trinajstić information content (AvgIpc) is 2.75. The van der Waals surface area contributed by atoms with Crippen LogP contribution in [0.25, 0.3) is 0 Å². The zero-order valence-electron chi connectivity index (χ0n) is 11.5. The predicted molar refractivity (Wildman–Crippen MR) is 76.2 cm³/mol. The van der Waals surface area contributed by atoms with Crippen LogP contribution in [0.3, 0.4) is 0 Å². The van der Waals surface area contributed by atoms with Gasteiger partial charge in [0.05, 0.1) is 5.56 Å². The van der Waals surface area contributed by atoms with Crippen LogP contribution >= 0.6 is 11.3 Å². The van der Waals surface area contributed by atoms with E-state index in [0.29, 0.717) is 0 Å². The van der Waals surface area contributed by atoms with Gasteiger partial charge < -0.3 is 15.3 Å². The summed E-state index contributed by atoms with van der Waals surface area (Å²) >= 11 is 1.11. The lowest BCUT2D eigenvalue weighted by Gasteiger charge is -2.18. The number of thiophene rings is 1. The van der Waals surface area contributed by atoms with Gasteiger partial charge in [-0.05, 0) is 25.3 Å². The van der Waals surface area contributed by atoms with E-state index in [0.717, 1.165) is 11.3 Å². The number of carboxylic acid groups (broad SMARTS) is 1. The van der Waals surface area contributed by atoms with E-state index >= 15 is 0 Å². The molecule has 0 fully saturated rings. The molecule has 0 aliphatic carbocycles. The topological polar surface area (TPSA) is 98.7 Å². The minimum absolute atomic E-state index is 0.00475. The van der Waals surface area contributed by atoms with E-state index in [2.05, 4.69) is 10.6 Å². The highest BCUT2D eigenvalue weighted by Gasteiger charge is 2.17. The van der Waals surface area contributed by atoms with Crippen molar-refractivity contribution in [1.82, 2.24) is 10.2 Å². The quantitative estimate of drug-likeness (QED) is 0.766. The van der Waals surface area contributed by atoms with E-state index < -0.39 is 12.0 Å². The SMILES string of the molecule is CC(C)NC(=O)CN(C)C(=O)Nc1sccc1C(=O)O. The fraction of sp³-hybridized carbons (Fsp3) is 0.417. The van der Waals surface area contributed by atoms with Crippen molar-refractivity contribution < 1.29 is 19.5 Å². The molecular formula is C12H17N3O4S. The summed E-state index contributed by atoms with van der Waals surface area (Å²) in [6.07, 6.45) is 0. The molecule has 0 aromatic carbocycles. The van der Waals surface area contributed by atoms with E-state index in [9.17, 15) is 14.4 Å². The van der Waals surface area contributed by atoms with Gasteiger partial charge in [-0.1, -0.05) is 0 Å². The Labute approximate surface area is 120 Å². The number of amides is 3. The molecule has 1 heterocycles. The summed E-state index contributed by atoms with van der Waals surface area (Å²) in [5.41, 5.74) is 0.0309. The highest BCUT2D eigenvalue weighted by atomic mass is 32.1. The van der Waals surface area contributed by atoms with Gasteiger partial charge in [0.1, 0.15) is 11.5 Å². The summed E-state index contributed by atoms with van der Waals surface area (Å²) in [7, 11) is 1.46. The Bertz CT molecular complexity index is 513. The van der Waals surface area contributed by atoms with Gasteiger partial charge in [0.2, 0.25) is 5.91 Å². The Morgan fingerprint density at radius 2 is 2.05 bits per heavy atom. The second kappa shape index (κ2) is 6.90. The Hall–Kier alpha value is -2.09. The monoisotopic (exact) mass is 299 g/mol. The largest absolute Gasteiger partial charge is 0.478 e. The molecule has 1 rings (SSSR count). The van der Waals surface area contributed by atoms with Crippen LogP contribution in [0, 0.1) is 0 Å². The maximum absolute atomic E-state index is 11.9. The molecule has 0 aliphatic heterocycles. The van der Waals surface area contributed by atoms with Crippen LogP contribution in [-0.2, 0) is 4.79 Å². The second-order valence-corrected chi connectivity index (χ2v) is 5.39. The van der Waals surface area contributed by atoms with Gasteiger partial charge in [0.25, 0.3) is 0 Å². The molecule has 0 atom stereocenters. The van der Waals surface area contributed by atoms with E-state index in [-0.39, 0.29) is 29.1 Å². The normalized spacial score (nSPS) is 10.2. The van der Waals surface area contributed by atoms with Crippen molar-refractivity contribution in [1.29, 1.82) is 0 Å². The number of urea groups is 1. The molecule has 20 heavy (non-hydrogen) atoms. The molecule has 0 unspecified atom stereocenters. The van der Waals surface area contributed by atoms with Crippen LogP contribution in [0.15, 0.2) is 11.4 Å². The van der Waals surface area contributed by atoms with Gasteiger partial charge in [0, 0.05) is 13.1 Å². The Balaban J connectivity index is 2.60.